The molecule has 1 spiro atoms. The Hall–Kier alpha value is -0.660. The molecule has 2 aliphatic carbocycles. The highest BCUT2D eigenvalue weighted by Crippen LogP contribution is 2.60. The van der Waals surface area contributed by atoms with E-state index in [1.165, 1.54) is 0 Å². The van der Waals surface area contributed by atoms with Crippen molar-refractivity contribution in [2.75, 3.05) is 0 Å². The molecule has 0 aromatic heterocycles. The Balaban J connectivity index is 2.12. The van der Waals surface area contributed by atoms with Gasteiger partial charge in [0.05, 0.1) is 0 Å². The van der Waals surface area contributed by atoms with Crippen molar-refractivity contribution in [3.63, 3.8) is 0 Å². The molecule has 2 fully saturated rings. The molecule has 0 aromatic rings. The SMILES string of the molecule is NS(=O)(=O)NC1(C(=O)O)CC2(CCC2)C1. The lowest BCUT2D eigenvalue weighted by atomic mass is 9.49. The minimum absolute atomic E-state index is 0.0656. The molecule has 4 N–H and O–H groups in total. The van der Waals surface area contributed by atoms with Crippen molar-refractivity contribution in [1.82, 2.24) is 4.72 Å². The van der Waals surface area contributed by atoms with Gasteiger partial charge in [-0.2, -0.15) is 13.1 Å². The number of hydrogen-bond donors (Lipinski definition) is 3. The van der Waals surface area contributed by atoms with Crippen LogP contribution in [0.5, 0.6) is 0 Å². The lowest BCUT2D eigenvalue weighted by molar-refractivity contribution is -0.160. The molecule has 0 saturated heterocycles. The maximum Gasteiger partial charge on any atom is 0.324 e. The summed E-state index contributed by atoms with van der Waals surface area (Å²) in [7, 11) is -3.95. The van der Waals surface area contributed by atoms with E-state index in [-0.39, 0.29) is 5.41 Å². The van der Waals surface area contributed by atoms with E-state index in [9.17, 15) is 13.2 Å². The van der Waals surface area contributed by atoms with Gasteiger partial charge in [-0.05, 0) is 31.1 Å². The first-order chi connectivity index (χ1) is 6.77. The van der Waals surface area contributed by atoms with E-state index in [4.69, 9.17) is 10.2 Å². The number of carboxylic acid groups (broad SMARTS) is 1. The van der Waals surface area contributed by atoms with Crippen molar-refractivity contribution in [1.29, 1.82) is 0 Å². The van der Waals surface area contributed by atoms with Gasteiger partial charge in [0, 0.05) is 0 Å². The molecular weight excluding hydrogens is 220 g/mol. The van der Waals surface area contributed by atoms with Crippen LogP contribution in [-0.2, 0) is 15.0 Å². The number of nitrogens with one attached hydrogen (secondary N) is 1. The Morgan fingerprint density at radius 3 is 2.13 bits per heavy atom. The van der Waals surface area contributed by atoms with E-state index >= 15 is 0 Å². The van der Waals surface area contributed by atoms with Gasteiger partial charge in [-0.15, -0.1) is 0 Å². The maximum absolute atomic E-state index is 11.0. The third kappa shape index (κ3) is 1.75. The van der Waals surface area contributed by atoms with Gasteiger partial charge in [-0.3, -0.25) is 4.79 Å². The van der Waals surface area contributed by atoms with Gasteiger partial charge in [0.2, 0.25) is 0 Å². The summed E-state index contributed by atoms with van der Waals surface area (Å²) in [4.78, 5) is 11.0. The van der Waals surface area contributed by atoms with Crippen molar-refractivity contribution in [2.24, 2.45) is 10.6 Å². The summed E-state index contributed by atoms with van der Waals surface area (Å²) in [5, 5.41) is 13.8. The third-order valence-corrected chi connectivity index (χ3v) is 4.19. The summed E-state index contributed by atoms with van der Waals surface area (Å²) in [6.45, 7) is 0. The first-order valence-electron chi connectivity index (χ1n) is 4.82. The molecule has 2 rings (SSSR count). The molecule has 2 aliphatic rings. The summed E-state index contributed by atoms with van der Waals surface area (Å²) in [6.07, 6.45) is 3.82. The lowest BCUT2D eigenvalue weighted by Gasteiger charge is -2.58. The molecular formula is C8H14N2O4S. The van der Waals surface area contributed by atoms with Crippen molar-refractivity contribution >= 4 is 16.2 Å². The summed E-state index contributed by atoms with van der Waals surface area (Å²) >= 11 is 0. The average Bonchev–Trinajstić information content (AvgIpc) is 1.88. The molecule has 7 heteroatoms. The predicted molar refractivity (Wildman–Crippen MR) is 52.1 cm³/mol. The second-order valence-electron chi connectivity index (χ2n) is 4.74. The molecule has 0 atom stereocenters. The van der Waals surface area contributed by atoms with Crippen LogP contribution in [0.1, 0.15) is 32.1 Å². The molecule has 15 heavy (non-hydrogen) atoms. The van der Waals surface area contributed by atoms with Gasteiger partial charge in [0.25, 0.3) is 10.2 Å². The van der Waals surface area contributed by atoms with Crippen LogP contribution >= 0.6 is 0 Å². The summed E-state index contributed by atoms with van der Waals surface area (Å²) in [6, 6.07) is 0. The van der Waals surface area contributed by atoms with Gasteiger partial charge in [-0.1, -0.05) is 6.42 Å². The van der Waals surface area contributed by atoms with E-state index in [0.29, 0.717) is 12.8 Å². The molecule has 86 valence electrons. The van der Waals surface area contributed by atoms with Crippen molar-refractivity contribution in [3.8, 4) is 0 Å². The fourth-order valence-electron chi connectivity index (χ4n) is 2.80. The molecule has 0 unspecified atom stereocenters. The Morgan fingerprint density at radius 2 is 1.87 bits per heavy atom. The number of carboxylic acids is 1. The van der Waals surface area contributed by atoms with E-state index in [1.807, 2.05) is 4.72 Å². The quantitative estimate of drug-likeness (QED) is 0.615. The van der Waals surface area contributed by atoms with Crippen molar-refractivity contribution in [2.45, 2.75) is 37.6 Å². The number of hydrogen-bond acceptors (Lipinski definition) is 3. The highest BCUT2D eigenvalue weighted by Gasteiger charge is 2.62. The van der Waals surface area contributed by atoms with E-state index in [1.54, 1.807) is 0 Å². The van der Waals surface area contributed by atoms with E-state index < -0.39 is 21.7 Å². The van der Waals surface area contributed by atoms with Crippen LogP contribution < -0.4 is 9.86 Å². The minimum atomic E-state index is -3.95. The van der Waals surface area contributed by atoms with Crippen LogP contribution in [0, 0.1) is 5.41 Å². The van der Waals surface area contributed by atoms with Crippen LogP contribution in [0.15, 0.2) is 0 Å². The smallest absolute Gasteiger partial charge is 0.324 e. The molecule has 0 amide bonds. The Labute approximate surface area is 88.0 Å². The molecule has 0 bridgehead atoms. The zero-order valence-electron chi connectivity index (χ0n) is 8.19. The van der Waals surface area contributed by atoms with Crippen LogP contribution in [0.4, 0.5) is 0 Å². The zero-order chi connectivity index (χ0) is 11.3. The minimum Gasteiger partial charge on any atom is -0.480 e. The standard InChI is InChI=1S/C8H14N2O4S/c9-15(13,14)10-8(6(11)12)4-7(5-8)2-1-3-7/h10H,1-5H2,(H,11,12)(H2,9,13,14). The van der Waals surface area contributed by atoms with Gasteiger partial charge in [-0.25, -0.2) is 5.14 Å². The number of carbonyl (C=O) groups is 1. The van der Waals surface area contributed by atoms with Crippen LogP contribution in [0.2, 0.25) is 0 Å². The first kappa shape index (κ1) is 10.8. The first-order valence-corrected chi connectivity index (χ1v) is 6.37. The van der Waals surface area contributed by atoms with Gasteiger partial charge < -0.3 is 5.11 Å². The van der Waals surface area contributed by atoms with Gasteiger partial charge in [0.1, 0.15) is 5.54 Å². The molecule has 6 nitrogen and oxygen atoms in total. The second-order valence-corrected chi connectivity index (χ2v) is 6.04. The van der Waals surface area contributed by atoms with E-state index in [2.05, 4.69) is 0 Å². The predicted octanol–water partition coefficient (Wildman–Crippen LogP) is -0.433. The fourth-order valence-corrected chi connectivity index (χ4v) is 3.57. The van der Waals surface area contributed by atoms with Crippen LogP contribution in [0.25, 0.3) is 0 Å². The van der Waals surface area contributed by atoms with Gasteiger partial charge >= 0.3 is 5.97 Å². The maximum atomic E-state index is 11.0. The van der Waals surface area contributed by atoms with Gasteiger partial charge in [0.15, 0.2) is 0 Å². The normalized spacial score (nSPS) is 26.7. The largest absolute Gasteiger partial charge is 0.480 e. The van der Waals surface area contributed by atoms with E-state index in [0.717, 1.165) is 19.3 Å². The Bertz CT molecular complexity index is 391. The Kier molecular flexibility index (Phi) is 2.12. The van der Waals surface area contributed by atoms with Crippen molar-refractivity contribution < 1.29 is 18.3 Å². The monoisotopic (exact) mass is 234 g/mol. The molecule has 0 aliphatic heterocycles. The Morgan fingerprint density at radius 1 is 1.33 bits per heavy atom. The number of nitrogens with two attached hydrogens (primary N) is 1. The second kappa shape index (κ2) is 2.93. The summed E-state index contributed by atoms with van der Waals surface area (Å²) in [5.74, 6) is -1.13. The average molecular weight is 234 g/mol. The molecule has 0 aromatic carbocycles. The summed E-state index contributed by atoms with van der Waals surface area (Å²) in [5.41, 5.74) is -1.29. The zero-order valence-corrected chi connectivity index (χ0v) is 9.01. The fraction of sp³-hybridized carbons (Fsp3) is 0.875. The highest BCUT2D eigenvalue weighted by molar-refractivity contribution is 7.87. The number of aliphatic carboxylic acids is 1. The molecule has 0 heterocycles. The number of rotatable bonds is 3. The molecule has 0 radical (unpaired) electrons. The topological polar surface area (TPSA) is 109 Å². The third-order valence-electron chi connectivity index (χ3n) is 3.51. The van der Waals surface area contributed by atoms with Crippen LogP contribution in [0.3, 0.4) is 0 Å². The molecule has 2 saturated carbocycles. The highest BCUT2D eigenvalue weighted by atomic mass is 32.2. The lowest BCUT2D eigenvalue weighted by Crippen LogP contribution is -2.68. The van der Waals surface area contributed by atoms with Crippen LogP contribution in [-0.4, -0.2) is 25.0 Å². The van der Waals surface area contributed by atoms with Crippen molar-refractivity contribution in [3.05, 3.63) is 0 Å². The summed E-state index contributed by atoms with van der Waals surface area (Å²) < 4.78 is 23.8.